The van der Waals surface area contributed by atoms with Crippen molar-refractivity contribution in [2.24, 2.45) is 0 Å². The van der Waals surface area contributed by atoms with Crippen molar-refractivity contribution in [3.8, 4) is 28.7 Å². The van der Waals surface area contributed by atoms with Gasteiger partial charge in [-0.25, -0.2) is 13.2 Å². The average molecular weight is 452 g/mol. The number of ether oxygens (including phenoxy) is 5. The summed E-state index contributed by atoms with van der Waals surface area (Å²) in [5.41, 5.74) is 0.248. The maximum atomic E-state index is 13.4. The third-order valence-corrected chi connectivity index (χ3v) is 5.94. The van der Waals surface area contributed by atoms with Crippen molar-refractivity contribution in [2.75, 3.05) is 35.0 Å². The molecule has 0 aliphatic rings. The fraction of sp³-hybridized carbons (Fsp3) is 0.286. The van der Waals surface area contributed by atoms with Crippen molar-refractivity contribution < 1.29 is 42.0 Å². The number of carbonyl (C=O) groups is 1. The molecule has 0 radical (unpaired) electrons. The number of methoxy groups -OCH3 is 4. The van der Waals surface area contributed by atoms with Gasteiger partial charge in [-0.05, 0) is 30.7 Å². The highest BCUT2D eigenvalue weighted by Gasteiger charge is 2.31. The van der Waals surface area contributed by atoms with E-state index in [2.05, 4.69) is 0 Å². The van der Waals surface area contributed by atoms with Crippen LogP contribution in [0, 0.1) is 0 Å². The minimum absolute atomic E-state index is 0.0329. The number of benzene rings is 2. The third-order valence-electron chi connectivity index (χ3n) is 4.22. The van der Waals surface area contributed by atoms with Crippen molar-refractivity contribution in [1.82, 2.24) is 0 Å². The molecule has 1 N–H and O–H groups in total. The Morgan fingerprint density at radius 1 is 0.935 bits per heavy atom. The highest BCUT2D eigenvalue weighted by Crippen LogP contribution is 2.41. The van der Waals surface area contributed by atoms with E-state index in [-0.39, 0.29) is 45.8 Å². The number of carbonyl (C=O) groups excluding carboxylic acids is 1. The molecule has 2 aromatic carbocycles. The van der Waals surface area contributed by atoms with Gasteiger partial charge in [-0.3, -0.25) is 0 Å². The molecule has 0 saturated heterocycles. The Morgan fingerprint density at radius 3 is 1.97 bits per heavy atom. The molecule has 0 spiro atoms. The second-order valence-corrected chi connectivity index (χ2v) is 7.94. The van der Waals surface area contributed by atoms with Gasteiger partial charge in [0.05, 0.1) is 39.9 Å². The summed E-state index contributed by atoms with van der Waals surface area (Å²) in [6.07, 6.45) is 1.11. The van der Waals surface area contributed by atoms with E-state index < -0.39 is 20.7 Å². The van der Waals surface area contributed by atoms with Crippen molar-refractivity contribution in [3.63, 3.8) is 0 Å². The lowest BCUT2D eigenvalue weighted by atomic mass is 10.2. The van der Waals surface area contributed by atoms with Crippen LogP contribution in [0.15, 0.2) is 40.1 Å². The molecule has 0 atom stereocenters. The van der Waals surface area contributed by atoms with Crippen LogP contribution in [0.2, 0.25) is 0 Å². The fourth-order valence-electron chi connectivity index (χ4n) is 2.74. The smallest absolute Gasteiger partial charge is 0.350 e. The van der Waals surface area contributed by atoms with Gasteiger partial charge >= 0.3 is 5.97 Å². The molecular formula is C21H24O9S. The summed E-state index contributed by atoms with van der Waals surface area (Å²) in [7, 11) is 1.07. The molecule has 0 heterocycles. The van der Waals surface area contributed by atoms with Gasteiger partial charge in [-0.1, -0.05) is 6.07 Å². The number of hydrogen-bond donors (Lipinski definition) is 1. The molecule has 2 aromatic rings. The first kappa shape index (κ1) is 23.9. The van der Waals surface area contributed by atoms with E-state index in [1.807, 2.05) is 0 Å². The lowest BCUT2D eigenvalue weighted by Crippen LogP contribution is -2.17. The zero-order valence-electron chi connectivity index (χ0n) is 17.8. The minimum atomic E-state index is -4.38. The van der Waals surface area contributed by atoms with Gasteiger partial charge in [0.2, 0.25) is 15.6 Å². The van der Waals surface area contributed by atoms with Crippen molar-refractivity contribution in [3.05, 3.63) is 40.8 Å². The van der Waals surface area contributed by atoms with Gasteiger partial charge in [0.1, 0.15) is 0 Å². The van der Waals surface area contributed by atoms with E-state index in [1.165, 1.54) is 58.8 Å². The Bertz CT molecular complexity index is 1060. The standard InChI is InChI=1S/C21H24O9S/c1-6-30-21(23)19(10-13-7-8-16(26-2)15(22)9-13)31(24,25)14-11-17(27-3)20(29-5)18(12-14)28-4/h7-12,22H,6H2,1-5H3/b19-10+. The van der Waals surface area contributed by atoms with E-state index in [1.54, 1.807) is 6.92 Å². The lowest BCUT2D eigenvalue weighted by Gasteiger charge is -2.15. The first-order valence-corrected chi connectivity index (χ1v) is 10.5. The van der Waals surface area contributed by atoms with E-state index in [0.717, 1.165) is 6.08 Å². The molecule has 0 unspecified atom stereocenters. The van der Waals surface area contributed by atoms with Crippen LogP contribution in [0.1, 0.15) is 12.5 Å². The first-order valence-electron chi connectivity index (χ1n) is 9.04. The molecule has 9 nitrogen and oxygen atoms in total. The highest BCUT2D eigenvalue weighted by molar-refractivity contribution is 7.96. The van der Waals surface area contributed by atoms with E-state index in [9.17, 15) is 18.3 Å². The zero-order valence-corrected chi connectivity index (χ0v) is 18.6. The molecule has 31 heavy (non-hydrogen) atoms. The monoisotopic (exact) mass is 452 g/mol. The molecule has 0 amide bonds. The van der Waals surface area contributed by atoms with Crippen LogP contribution in [0.3, 0.4) is 0 Å². The number of phenolic OH excluding ortho intramolecular Hbond substituents is 1. The number of sulfone groups is 1. The Kier molecular flexibility index (Phi) is 7.76. The van der Waals surface area contributed by atoms with Crippen LogP contribution >= 0.6 is 0 Å². The topological polar surface area (TPSA) is 118 Å². The summed E-state index contributed by atoms with van der Waals surface area (Å²) >= 11 is 0. The summed E-state index contributed by atoms with van der Waals surface area (Å²) in [5, 5.41) is 9.99. The largest absolute Gasteiger partial charge is 0.504 e. The Labute approximate surface area is 180 Å². The van der Waals surface area contributed by atoms with Gasteiger partial charge in [-0.2, -0.15) is 0 Å². The number of hydrogen-bond acceptors (Lipinski definition) is 9. The summed E-state index contributed by atoms with van der Waals surface area (Å²) < 4.78 is 52.3. The predicted octanol–water partition coefficient (Wildman–Crippen LogP) is 2.80. The molecule has 0 aliphatic heterocycles. The number of rotatable bonds is 9. The Hall–Kier alpha value is -3.40. The molecule has 0 saturated carbocycles. The van der Waals surface area contributed by atoms with Gasteiger partial charge in [0.25, 0.3) is 0 Å². The van der Waals surface area contributed by atoms with Crippen molar-refractivity contribution >= 4 is 21.9 Å². The molecular weight excluding hydrogens is 428 g/mol. The summed E-state index contributed by atoms with van der Waals surface area (Å²) in [6.45, 7) is 1.52. The molecule has 168 valence electrons. The number of esters is 1. The SMILES string of the molecule is CCOC(=O)/C(=C\c1ccc(OC)c(O)c1)S(=O)(=O)c1cc(OC)c(OC)c(OC)c1. The molecule has 10 heteroatoms. The molecule has 0 bridgehead atoms. The van der Waals surface area contributed by atoms with Crippen LogP contribution in [0.4, 0.5) is 0 Å². The maximum Gasteiger partial charge on any atom is 0.350 e. The van der Waals surface area contributed by atoms with Crippen molar-refractivity contribution in [2.45, 2.75) is 11.8 Å². The number of phenols is 1. The highest BCUT2D eigenvalue weighted by atomic mass is 32.2. The summed E-state index contributed by atoms with van der Waals surface area (Å²) in [4.78, 5) is 11.7. The Balaban J connectivity index is 2.71. The Morgan fingerprint density at radius 2 is 1.52 bits per heavy atom. The minimum Gasteiger partial charge on any atom is -0.504 e. The second-order valence-electron chi connectivity index (χ2n) is 6.02. The van der Waals surface area contributed by atoms with Crippen molar-refractivity contribution in [1.29, 1.82) is 0 Å². The summed E-state index contributed by atoms with van der Waals surface area (Å²) in [5.74, 6) is -0.666. The van der Waals surface area contributed by atoms with Crippen LogP contribution in [-0.2, 0) is 19.4 Å². The van der Waals surface area contributed by atoms with E-state index in [4.69, 9.17) is 23.7 Å². The third kappa shape index (κ3) is 5.02. The zero-order chi connectivity index (χ0) is 23.2. The fourth-order valence-corrected chi connectivity index (χ4v) is 4.08. The predicted molar refractivity (Wildman–Crippen MR) is 113 cm³/mol. The van der Waals surface area contributed by atoms with Crippen LogP contribution in [0.5, 0.6) is 28.7 Å². The quantitative estimate of drug-likeness (QED) is 0.453. The van der Waals surface area contributed by atoms with Gasteiger partial charge in [-0.15, -0.1) is 0 Å². The number of aromatic hydroxyl groups is 1. The normalized spacial score (nSPS) is 11.6. The average Bonchev–Trinajstić information content (AvgIpc) is 2.76. The molecule has 2 rings (SSSR count). The lowest BCUT2D eigenvalue weighted by molar-refractivity contribution is -0.137. The van der Waals surface area contributed by atoms with Gasteiger partial charge < -0.3 is 28.8 Å². The van der Waals surface area contributed by atoms with Gasteiger partial charge in [0.15, 0.2) is 27.9 Å². The van der Waals surface area contributed by atoms with Gasteiger partial charge in [0, 0.05) is 12.1 Å². The first-order chi connectivity index (χ1) is 14.7. The summed E-state index contributed by atoms with van der Waals surface area (Å²) in [6, 6.07) is 6.63. The van der Waals surface area contributed by atoms with E-state index >= 15 is 0 Å². The van der Waals surface area contributed by atoms with Crippen LogP contribution < -0.4 is 18.9 Å². The van der Waals surface area contributed by atoms with E-state index in [0.29, 0.717) is 0 Å². The molecule has 0 fully saturated rings. The molecule has 0 aliphatic carbocycles. The molecule has 0 aromatic heterocycles. The van der Waals surface area contributed by atoms with Crippen LogP contribution in [-0.4, -0.2) is 54.5 Å². The maximum absolute atomic E-state index is 13.4. The van der Waals surface area contributed by atoms with Crippen LogP contribution in [0.25, 0.3) is 6.08 Å². The second kappa shape index (κ2) is 10.1.